The first kappa shape index (κ1) is 13.9. The summed E-state index contributed by atoms with van der Waals surface area (Å²) in [6.07, 6.45) is 6.43. The third-order valence-electron chi connectivity index (χ3n) is 2.15. The normalized spacial score (nSPS) is 13.4. The van der Waals surface area contributed by atoms with Gasteiger partial charge in [0.2, 0.25) is 0 Å². The quantitative estimate of drug-likeness (QED) is 0.475. The lowest BCUT2D eigenvalue weighted by molar-refractivity contribution is -0.144. The molecule has 0 saturated heterocycles. The molecule has 0 N–H and O–H groups in total. The van der Waals surface area contributed by atoms with Crippen LogP contribution in [0.25, 0.3) is 0 Å². The molecular formula is C13H22O2. The van der Waals surface area contributed by atoms with Crippen LogP contribution in [0.15, 0.2) is 24.3 Å². The van der Waals surface area contributed by atoms with Crippen LogP contribution in [0.1, 0.15) is 40.0 Å². The summed E-state index contributed by atoms with van der Waals surface area (Å²) >= 11 is 0. The highest BCUT2D eigenvalue weighted by Crippen LogP contribution is 2.09. The van der Waals surface area contributed by atoms with Crippen LogP contribution in [0.5, 0.6) is 0 Å². The van der Waals surface area contributed by atoms with E-state index in [1.54, 1.807) is 6.92 Å². The van der Waals surface area contributed by atoms with Crippen LogP contribution in [0.3, 0.4) is 0 Å². The van der Waals surface area contributed by atoms with Crippen LogP contribution in [0.4, 0.5) is 0 Å². The fraction of sp³-hybridized carbons (Fsp3) is 0.615. The van der Waals surface area contributed by atoms with E-state index in [1.807, 2.05) is 6.08 Å². The molecule has 15 heavy (non-hydrogen) atoms. The van der Waals surface area contributed by atoms with Gasteiger partial charge in [0.05, 0.1) is 6.61 Å². The first-order valence-corrected chi connectivity index (χ1v) is 5.52. The summed E-state index contributed by atoms with van der Waals surface area (Å²) in [5, 5.41) is 0. The number of esters is 1. The predicted octanol–water partition coefficient (Wildman–Crippen LogP) is 3.49. The Morgan fingerprint density at radius 2 is 2.20 bits per heavy atom. The lowest BCUT2D eigenvalue weighted by Gasteiger charge is -2.09. The number of allylic oxidation sites excluding steroid dienone is 3. The SMILES string of the molecule is C=CC/C(C)=C/CC(C)COC(=O)CC. The molecule has 0 aliphatic carbocycles. The Kier molecular flexibility index (Phi) is 7.69. The highest BCUT2D eigenvalue weighted by atomic mass is 16.5. The molecule has 0 aromatic rings. The van der Waals surface area contributed by atoms with E-state index >= 15 is 0 Å². The van der Waals surface area contributed by atoms with Crippen molar-refractivity contribution in [3.8, 4) is 0 Å². The van der Waals surface area contributed by atoms with Crippen molar-refractivity contribution in [3.63, 3.8) is 0 Å². The van der Waals surface area contributed by atoms with Crippen molar-refractivity contribution in [3.05, 3.63) is 24.3 Å². The van der Waals surface area contributed by atoms with Crippen molar-refractivity contribution in [1.29, 1.82) is 0 Å². The van der Waals surface area contributed by atoms with Crippen LogP contribution in [-0.4, -0.2) is 12.6 Å². The van der Waals surface area contributed by atoms with E-state index in [0.29, 0.717) is 18.9 Å². The molecule has 0 bridgehead atoms. The summed E-state index contributed by atoms with van der Waals surface area (Å²) in [6.45, 7) is 10.2. The molecule has 1 atom stereocenters. The minimum atomic E-state index is -0.117. The maximum atomic E-state index is 10.9. The Morgan fingerprint density at radius 1 is 1.53 bits per heavy atom. The molecule has 0 aliphatic rings. The molecule has 86 valence electrons. The maximum Gasteiger partial charge on any atom is 0.305 e. The number of hydrogen-bond donors (Lipinski definition) is 0. The molecule has 0 radical (unpaired) electrons. The lowest BCUT2D eigenvalue weighted by atomic mass is 10.1. The van der Waals surface area contributed by atoms with Crippen molar-refractivity contribution >= 4 is 5.97 Å². The maximum absolute atomic E-state index is 10.9. The molecular weight excluding hydrogens is 188 g/mol. The van der Waals surface area contributed by atoms with Gasteiger partial charge in [0.15, 0.2) is 0 Å². The monoisotopic (exact) mass is 210 g/mol. The first-order chi connectivity index (χ1) is 7.10. The Balaban J connectivity index is 3.73. The summed E-state index contributed by atoms with van der Waals surface area (Å²) in [6, 6.07) is 0. The highest BCUT2D eigenvalue weighted by molar-refractivity contribution is 5.68. The van der Waals surface area contributed by atoms with Gasteiger partial charge in [-0.15, -0.1) is 6.58 Å². The average molecular weight is 210 g/mol. The Hall–Kier alpha value is -1.05. The Labute approximate surface area is 93.0 Å². The molecule has 1 unspecified atom stereocenters. The van der Waals surface area contributed by atoms with Crippen molar-refractivity contribution in [2.75, 3.05) is 6.61 Å². The number of carbonyl (C=O) groups excluding carboxylic acids is 1. The van der Waals surface area contributed by atoms with E-state index in [2.05, 4.69) is 26.5 Å². The average Bonchev–Trinajstić information content (AvgIpc) is 2.23. The van der Waals surface area contributed by atoms with Crippen molar-refractivity contribution in [2.45, 2.75) is 40.0 Å². The van der Waals surface area contributed by atoms with E-state index in [-0.39, 0.29) is 5.97 Å². The molecule has 2 nitrogen and oxygen atoms in total. The highest BCUT2D eigenvalue weighted by Gasteiger charge is 2.04. The second-order valence-electron chi connectivity index (χ2n) is 3.92. The minimum Gasteiger partial charge on any atom is -0.465 e. The van der Waals surface area contributed by atoms with Gasteiger partial charge in [0, 0.05) is 6.42 Å². The zero-order valence-corrected chi connectivity index (χ0v) is 10.1. The van der Waals surface area contributed by atoms with E-state index in [9.17, 15) is 4.79 Å². The van der Waals surface area contributed by atoms with Gasteiger partial charge in [-0.3, -0.25) is 4.79 Å². The molecule has 0 aliphatic heterocycles. The molecule has 0 heterocycles. The predicted molar refractivity (Wildman–Crippen MR) is 63.6 cm³/mol. The van der Waals surface area contributed by atoms with Gasteiger partial charge in [-0.1, -0.05) is 31.6 Å². The second kappa shape index (κ2) is 8.27. The third kappa shape index (κ3) is 7.98. The summed E-state index contributed by atoms with van der Waals surface area (Å²) < 4.78 is 5.06. The van der Waals surface area contributed by atoms with Gasteiger partial charge in [-0.25, -0.2) is 0 Å². The zero-order chi connectivity index (χ0) is 11.7. The smallest absolute Gasteiger partial charge is 0.305 e. The molecule has 0 saturated carbocycles. The Bertz CT molecular complexity index is 229. The number of ether oxygens (including phenoxy) is 1. The summed E-state index contributed by atoms with van der Waals surface area (Å²) in [5.74, 6) is 0.272. The van der Waals surface area contributed by atoms with E-state index < -0.39 is 0 Å². The van der Waals surface area contributed by atoms with Crippen molar-refractivity contribution in [2.24, 2.45) is 5.92 Å². The van der Waals surface area contributed by atoms with Crippen molar-refractivity contribution in [1.82, 2.24) is 0 Å². The molecule has 0 aromatic heterocycles. The van der Waals surface area contributed by atoms with Crippen molar-refractivity contribution < 1.29 is 9.53 Å². The second-order valence-corrected chi connectivity index (χ2v) is 3.92. The van der Waals surface area contributed by atoms with Crippen LogP contribution in [0.2, 0.25) is 0 Å². The number of hydrogen-bond acceptors (Lipinski definition) is 2. The van der Waals surface area contributed by atoms with E-state index in [1.165, 1.54) is 5.57 Å². The lowest BCUT2D eigenvalue weighted by Crippen LogP contribution is -2.10. The molecule has 0 aromatic carbocycles. The fourth-order valence-corrected chi connectivity index (χ4v) is 1.12. The van der Waals surface area contributed by atoms with Crippen LogP contribution in [-0.2, 0) is 9.53 Å². The summed E-state index contributed by atoms with van der Waals surface area (Å²) in [4.78, 5) is 10.9. The summed E-state index contributed by atoms with van der Waals surface area (Å²) in [7, 11) is 0. The third-order valence-corrected chi connectivity index (χ3v) is 2.15. The standard InChI is InChI=1S/C13H22O2/c1-5-7-11(3)8-9-12(4)10-15-13(14)6-2/h5,8,12H,1,6-7,9-10H2,2-4H3/b11-8+. The topological polar surface area (TPSA) is 26.3 Å². The van der Waals surface area contributed by atoms with Gasteiger partial charge in [0.1, 0.15) is 0 Å². The van der Waals surface area contributed by atoms with Gasteiger partial charge in [0.25, 0.3) is 0 Å². The van der Waals surface area contributed by atoms with Gasteiger partial charge in [-0.2, -0.15) is 0 Å². The van der Waals surface area contributed by atoms with Crippen LogP contribution in [0, 0.1) is 5.92 Å². The zero-order valence-electron chi connectivity index (χ0n) is 10.1. The molecule has 2 heteroatoms. The van der Waals surface area contributed by atoms with Crippen LogP contribution < -0.4 is 0 Å². The molecule has 0 fully saturated rings. The largest absolute Gasteiger partial charge is 0.465 e. The van der Waals surface area contributed by atoms with Gasteiger partial charge < -0.3 is 4.74 Å². The van der Waals surface area contributed by atoms with Crippen LogP contribution >= 0.6 is 0 Å². The van der Waals surface area contributed by atoms with E-state index in [4.69, 9.17) is 4.74 Å². The van der Waals surface area contributed by atoms with Gasteiger partial charge >= 0.3 is 5.97 Å². The fourth-order valence-electron chi connectivity index (χ4n) is 1.12. The molecule has 0 rings (SSSR count). The Morgan fingerprint density at radius 3 is 2.73 bits per heavy atom. The number of carbonyl (C=O) groups is 1. The molecule has 0 spiro atoms. The van der Waals surface area contributed by atoms with Gasteiger partial charge in [-0.05, 0) is 25.7 Å². The number of rotatable bonds is 7. The first-order valence-electron chi connectivity index (χ1n) is 5.52. The molecule has 0 amide bonds. The summed E-state index contributed by atoms with van der Waals surface area (Å²) in [5.41, 5.74) is 1.32. The minimum absolute atomic E-state index is 0.117. The van der Waals surface area contributed by atoms with E-state index in [0.717, 1.165) is 12.8 Å².